The van der Waals surface area contributed by atoms with Crippen LogP contribution in [0.15, 0.2) is 24.3 Å². The van der Waals surface area contributed by atoms with E-state index in [9.17, 15) is 4.39 Å². The SMILES string of the molecule is CCC(C)N(CCOC)C(CN)c1ccc(F)cc1. The number of hydrogen-bond donors (Lipinski definition) is 1. The molecule has 2 N–H and O–H groups in total. The van der Waals surface area contributed by atoms with E-state index in [0.29, 0.717) is 19.2 Å². The van der Waals surface area contributed by atoms with E-state index in [0.717, 1.165) is 18.5 Å². The molecule has 3 nitrogen and oxygen atoms in total. The lowest BCUT2D eigenvalue weighted by atomic mass is 10.0. The van der Waals surface area contributed by atoms with Gasteiger partial charge in [0.05, 0.1) is 6.61 Å². The number of benzene rings is 1. The molecule has 0 fully saturated rings. The Labute approximate surface area is 115 Å². The van der Waals surface area contributed by atoms with Crippen LogP contribution in [0.3, 0.4) is 0 Å². The van der Waals surface area contributed by atoms with Crippen LogP contribution >= 0.6 is 0 Å². The standard InChI is InChI=1S/C15H25FN2O/c1-4-12(2)18(9-10-19-3)15(11-17)13-5-7-14(16)8-6-13/h5-8,12,15H,4,9-11,17H2,1-3H3. The van der Waals surface area contributed by atoms with Gasteiger partial charge in [0.2, 0.25) is 0 Å². The lowest BCUT2D eigenvalue weighted by Gasteiger charge is -2.35. The van der Waals surface area contributed by atoms with Gasteiger partial charge in [-0.05, 0) is 31.0 Å². The van der Waals surface area contributed by atoms with E-state index in [1.165, 1.54) is 12.1 Å². The van der Waals surface area contributed by atoms with Gasteiger partial charge in [0, 0.05) is 32.3 Å². The first-order valence-electron chi connectivity index (χ1n) is 6.84. The Morgan fingerprint density at radius 2 is 1.95 bits per heavy atom. The average Bonchev–Trinajstić information content (AvgIpc) is 2.44. The van der Waals surface area contributed by atoms with Gasteiger partial charge in [0.1, 0.15) is 5.82 Å². The minimum atomic E-state index is -0.216. The van der Waals surface area contributed by atoms with Crippen molar-refractivity contribution < 1.29 is 9.13 Å². The summed E-state index contributed by atoms with van der Waals surface area (Å²) in [6.45, 7) is 6.34. The molecule has 0 heterocycles. The Morgan fingerprint density at radius 1 is 1.32 bits per heavy atom. The van der Waals surface area contributed by atoms with Gasteiger partial charge >= 0.3 is 0 Å². The molecule has 0 spiro atoms. The van der Waals surface area contributed by atoms with Crippen LogP contribution in [0.25, 0.3) is 0 Å². The zero-order valence-corrected chi connectivity index (χ0v) is 12.1. The third kappa shape index (κ3) is 4.56. The molecule has 0 radical (unpaired) electrons. The summed E-state index contributed by atoms with van der Waals surface area (Å²) >= 11 is 0. The molecule has 108 valence electrons. The summed E-state index contributed by atoms with van der Waals surface area (Å²) in [5.74, 6) is -0.216. The molecule has 0 aliphatic carbocycles. The van der Waals surface area contributed by atoms with Gasteiger partial charge in [-0.25, -0.2) is 4.39 Å². The number of nitrogens with zero attached hydrogens (tertiary/aromatic N) is 1. The maximum absolute atomic E-state index is 13.0. The number of halogens is 1. The molecule has 19 heavy (non-hydrogen) atoms. The third-order valence-corrected chi connectivity index (χ3v) is 3.59. The minimum absolute atomic E-state index is 0.102. The van der Waals surface area contributed by atoms with Crippen molar-refractivity contribution in [1.29, 1.82) is 0 Å². The number of ether oxygens (including phenoxy) is 1. The Morgan fingerprint density at radius 3 is 2.42 bits per heavy atom. The summed E-state index contributed by atoms with van der Waals surface area (Å²) in [7, 11) is 1.70. The molecule has 0 aromatic heterocycles. The van der Waals surface area contributed by atoms with Crippen LogP contribution in [0.4, 0.5) is 4.39 Å². The maximum atomic E-state index is 13.0. The fourth-order valence-electron chi connectivity index (χ4n) is 2.26. The fourth-order valence-corrected chi connectivity index (χ4v) is 2.26. The molecular weight excluding hydrogens is 243 g/mol. The van der Waals surface area contributed by atoms with Crippen molar-refractivity contribution >= 4 is 0 Å². The molecular formula is C15H25FN2O. The molecule has 2 atom stereocenters. The summed E-state index contributed by atoms with van der Waals surface area (Å²) in [6, 6.07) is 7.12. The fraction of sp³-hybridized carbons (Fsp3) is 0.600. The third-order valence-electron chi connectivity index (χ3n) is 3.59. The maximum Gasteiger partial charge on any atom is 0.123 e. The highest BCUT2D eigenvalue weighted by molar-refractivity contribution is 5.20. The molecule has 0 bridgehead atoms. The monoisotopic (exact) mass is 268 g/mol. The van der Waals surface area contributed by atoms with E-state index in [1.807, 2.05) is 12.1 Å². The number of methoxy groups -OCH3 is 1. The van der Waals surface area contributed by atoms with Crippen molar-refractivity contribution in [3.05, 3.63) is 35.6 Å². The van der Waals surface area contributed by atoms with E-state index in [-0.39, 0.29) is 11.9 Å². The Bertz CT molecular complexity index is 356. The van der Waals surface area contributed by atoms with Gasteiger partial charge in [-0.2, -0.15) is 0 Å². The van der Waals surface area contributed by atoms with E-state index in [2.05, 4.69) is 18.7 Å². The molecule has 1 aromatic carbocycles. The molecule has 0 saturated heterocycles. The summed E-state index contributed by atoms with van der Waals surface area (Å²) in [6.07, 6.45) is 1.04. The van der Waals surface area contributed by atoms with Gasteiger partial charge < -0.3 is 10.5 Å². The van der Waals surface area contributed by atoms with Crippen LogP contribution in [0.2, 0.25) is 0 Å². The number of rotatable bonds is 8. The highest BCUT2D eigenvalue weighted by Gasteiger charge is 2.22. The quantitative estimate of drug-likeness (QED) is 0.787. The van der Waals surface area contributed by atoms with Crippen LogP contribution in [0, 0.1) is 5.82 Å². The first kappa shape index (κ1) is 16.1. The average molecular weight is 268 g/mol. The van der Waals surface area contributed by atoms with E-state index in [1.54, 1.807) is 7.11 Å². The van der Waals surface area contributed by atoms with E-state index < -0.39 is 0 Å². The first-order chi connectivity index (χ1) is 9.13. The highest BCUT2D eigenvalue weighted by Crippen LogP contribution is 2.23. The van der Waals surface area contributed by atoms with E-state index >= 15 is 0 Å². The van der Waals surface area contributed by atoms with Gasteiger partial charge in [-0.3, -0.25) is 4.90 Å². The predicted molar refractivity (Wildman–Crippen MR) is 76.5 cm³/mol. The Kier molecular flexibility index (Phi) is 6.99. The molecule has 0 aliphatic heterocycles. The van der Waals surface area contributed by atoms with Crippen molar-refractivity contribution in [2.45, 2.75) is 32.4 Å². The number of nitrogens with two attached hydrogens (primary N) is 1. The highest BCUT2D eigenvalue weighted by atomic mass is 19.1. The van der Waals surface area contributed by atoms with Crippen LogP contribution in [0.5, 0.6) is 0 Å². The van der Waals surface area contributed by atoms with E-state index in [4.69, 9.17) is 10.5 Å². The summed E-state index contributed by atoms with van der Waals surface area (Å²) in [4.78, 5) is 2.33. The van der Waals surface area contributed by atoms with Crippen molar-refractivity contribution in [1.82, 2.24) is 4.90 Å². The summed E-state index contributed by atoms with van der Waals surface area (Å²) in [5, 5.41) is 0. The lowest BCUT2D eigenvalue weighted by molar-refractivity contribution is 0.0902. The van der Waals surface area contributed by atoms with Gasteiger partial charge in [0.15, 0.2) is 0 Å². The number of hydrogen-bond acceptors (Lipinski definition) is 3. The second-order valence-electron chi connectivity index (χ2n) is 4.79. The van der Waals surface area contributed by atoms with Crippen molar-refractivity contribution in [2.75, 3.05) is 26.8 Å². The summed E-state index contributed by atoms with van der Waals surface area (Å²) < 4.78 is 18.2. The second-order valence-corrected chi connectivity index (χ2v) is 4.79. The van der Waals surface area contributed by atoms with Crippen LogP contribution in [-0.2, 0) is 4.74 Å². The van der Waals surface area contributed by atoms with Crippen LogP contribution < -0.4 is 5.73 Å². The molecule has 2 unspecified atom stereocenters. The van der Waals surface area contributed by atoms with Gasteiger partial charge in [-0.15, -0.1) is 0 Å². The van der Waals surface area contributed by atoms with Crippen molar-refractivity contribution in [2.24, 2.45) is 5.73 Å². The Balaban J connectivity index is 2.91. The normalized spacial score (nSPS) is 14.6. The molecule has 1 aromatic rings. The molecule has 0 saturated carbocycles. The molecule has 0 amide bonds. The van der Waals surface area contributed by atoms with Crippen LogP contribution in [0.1, 0.15) is 31.9 Å². The first-order valence-corrected chi connectivity index (χ1v) is 6.84. The molecule has 4 heteroatoms. The van der Waals surface area contributed by atoms with Crippen molar-refractivity contribution in [3.63, 3.8) is 0 Å². The smallest absolute Gasteiger partial charge is 0.123 e. The second kappa shape index (κ2) is 8.25. The van der Waals surface area contributed by atoms with Gasteiger partial charge in [-0.1, -0.05) is 19.1 Å². The van der Waals surface area contributed by atoms with Gasteiger partial charge in [0.25, 0.3) is 0 Å². The van der Waals surface area contributed by atoms with Crippen molar-refractivity contribution in [3.8, 4) is 0 Å². The van der Waals surface area contributed by atoms with Crippen LogP contribution in [-0.4, -0.2) is 37.7 Å². The largest absolute Gasteiger partial charge is 0.383 e. The zero-order chi connectivity index (χ0) is 14.3. The zero-order valence-electron chi connectivity index (χ0n) is 12.1. The molecule has 0 aliphatic rings. The predicted octanol–water partition coefficient (Wildman–Crippen LogP) is 2.57. The summed E-state index contributed by atoms with van der Waals surface area (Å²) in [5.41, 5.74) is 6.99. The lowest BCUT2D eigenvalue weighted by Crippen LogP contribution is -2.41. The Hall–Kier alpha value is -0.970. The minimum Gasteiger partial charge on any atom is -0.383 e. The molecule has 1 rings (SSSR count). The topological polar surface area (TPSA) is 38.5 Å².